The molecule has 0 unspecified atom stereocenters. The van der Waals surface area contributed by atoms with Crippen LogP contribution in [0, 0.1) is 5.82 Å². The van der Waals surface area contributed by atoms with Gasteiger partial charge in [0.2, 0.25) is 0 Å². The maximum atomic E-state index is 13.7. The third-order valence-corrected chi connectivity index (χ3v) is 4.46. The fraction of sp³-hybridized carbons (Fsp3) is 0.100. The summed E-state index contributed by atoms with van der Waals surface area (Å²) in [6.07, 6.45) is 1.42. The highest BCUT2D eigenvalue weighted by molar-refractivity contribution is 9.10. The Morgan fingerprint density at radius 1 is 1.47 bits per heavy atom. The number of aryl methyl sites for hydroxylation is 1. The van der Waals surface area contributed by atoms with E-state index in [2.05, 4.69) is 25.8 Å². The lowest BCUT2D eigenvalue weighted by atomic mass is 10.3. The summed E-state index contributed by atoms with van der Waals surface area (Å²) in [5.41, 5.74) is 5.70. The number of nitrogens with zero attached hydrogens (tertiary/aromatic N) is 2. The van der Waals surface area contributed by atoms with Gasteiger partial charge in [-0.1, -0.05) is 0 Å². The van der Waals surface area contributed by atoms with Crippen LogP contribution < -0.4 is 10.5 Å². The van der Waals surface area contributed by atoms with Crippen LogP contribution in [0.15, 0.2) is 33.8 Å². The van der Waals surface area contributed by atoms with Crippen molar-refractivity contribution in [1.82, 2.24) is 9.78 Å². The third kappa shape index (κ3) is 2.71. The summed E-state index contributed by atoms with van der Waals surface area (Å²) in [5, 5.41) is 3.81. The molecule has 1 aromatic carbocycles. The molecule has 0 aliphatic rings. The van der Waals surface area contributed by atoms with E-state index in [1.54, 1.807) is 7.05 Å². The molecule has 1 heterocycles. The lowest BCUT2D eigenvalue weighted by Crippen LogP contribution is -2.17. The first-order valence-electron chi connectivity index (χ1n) is 5.06. The average molecular weight is 349 g/mol. The molecule has 19 heavy (non-hydrogen) atoms. The Kier molecular flexibility index (Phi) is 3.50. The molecule has 1 aromatic heterocycles. The summed E-state index contributed by atoms with van der Waals surface area (Å²) >= 11 is 3.02. The molecular weight excluding hydrogens is 339 g/mol. The van der Waals surface area contributed by atoms with Crippen LogP contribution in [0.4, 0.5) is 15.9 Å². The zero-order valence-corrected chi connectivity index (χ0v) is 12.2. The second-order valence-electron chi connectivity index (χ2n) is 3.75. The van der Waals surface area contributed by atoms with Gasteiger partial charge in [0.15, 0.2) is 0 Å². The van der Waals surface area contributed by atoms with Crippen LogP contribution in [0.5, 0.6) is 0 Å². The molecule has 0 saturated carbocycles. The Morgan fingerprint density at radius 2 is 2.16 bits per heavy atom. The highest BCUT2D eigenvalue weighted by Crippen LogP contribution is 2.27. The predicted molar refractivity (Wildman–Crippen MR) is 72.5 cm³/mol. The number of nitrogens with two attached hydrogens (primary N) is 1. The molecule has 0 fully saturated rings. The first-order valence-corrected chi connectivity index (χ1v) is 7.34. The van der Waals surface area contributed by atoms with E-state index in [0.29, 0.717) is 4.47 Å². The third-order valence-electron chi connectivity index (χ3n) is 2.40. The summed E-state index contributed by atoms with van der Waals surface area (Å²) < 4.78 is 41.7. The van der Waals surface area contributed by atoms with Crippen LogP contribution in [-0.4, -0.2) is 18.2 Å². The second kappa shape index (κ2) is 4.82. The van der Waals surface area contributed by atoms with E-state index in [1.807, 2.05) is 0 Å². The van der Waals surface area contributed by atoms with E-state index in [0.717, 1.165) is 12.1 Å². The zero-order chi connectivity index (χ0) is 14.2. The lowest BCUT2D eigenvalue weighted by molar-refractivity contribution is 0.569. The Balaban J connectivity index is 2.46. The minimum Gasteiger partial charge on any atom is -0.398 e. The Labute approximate surface area is 117 Å². The summed E-state index contributed by atoms with van der Waals surface area (Å²) in [4.78, 5) is -0.519. The largest absolute Gasteiger partial charge is 0.398 e. The number of benzene rings is 1. The van der Waals surface area contributed by atoms with Crippen LogP contribution >= 0.6 is 15.9 Å². The van der Waals surface area contributed by atoms with Gasteiger partial charge in [0.05, 0.1) is 6.20 Å². The number of rotatable bonds is 3. The monoisotopic (exact) mass is 348 g/mol. The number of anilines is 2. The quantitative estimate of drug-likeness (QED) is 0.826. The fourth-order valence-electron chi connectivity index (χ4n) is 1.42. The topological polar surface area (TPSA) is 90.0 Å². The van der Waals surface area contributed by atoms with Gasteiger partial charge in [0.1, 0.15) is 16.5 Å². The maximum absolute atomic E-state index is 13.7. The Hall–Kier alpha value is -1.61. The van der Waals surface area contributed by atoms with E-state index in [-0.39, 0.29) is 11.5 Å². The molecule has 0 radical (unpaired) electrons. The van der Waals surface area contributed by atoms with Crippen LogP contribution in [0.25, 0.3) is 0 Å². The van der Waals surface area contributed by atoms with E-state index >= 15 is 0 Å². The molecule has 6 nitrogen and oxygen atoms in total. The van der Waals surface area contributed by atoms with Crippen LogP contribution in [0.2, 0.25) is 0 Å². The van der Waals surface area contributed by atoms with Crippen molar-refractivity contribution in [2.75, 3.05) is 10.5 Å². The minimum atomic E-state index is -4.06. The molecule has 0 spiro atoms. The Morgan fingerprint density at radius 3 is 2.74 bits per heavy atom. The number of sulfonamides is 1. The van der Waals surface area contributed by atoms with Gasteiger partial charge in [-0.3, -0.25) is 9.40 Å². The van der Waals surface area contributed by atoms with Crippen LogP contribution in [0.3, 0.4) is 0 Å². The maximum Gasteiger partial charge on any atom is 0.266 e. The van der Waals surface area contributed by atoms with Gasteiger partial charge >= 0.3 is 0 Å². The first-order chi connectivity index (χ1) is 8.81. The standard InChI is InChI=1S/C10H10BrFN4O2S/c1-16-10(2-3-14-16)15-19(17,18)9-5-8(13)6(11)4-7(9)12/h2-5,15H,13H2,1H3. The van der Waals surface area contributed by atoms with Gasteiger partial charge in [0, 0.05) is 23.3 Å². The molecule has 0 saturated heterocycles. The number of nitrogen functional groups attached to an aromatic ring is 1. The molecule has 0 aliphatic heterocycles. The van der Waals surface area contributed by atoms with Gasteiger partial charge in [-0.15, -0.1) is 0 Å². The number of nitrogens with one attached hydrogen (secondary N) is 1. The number of hydrogen-bond donors (Lipinski definition) is 2. The smallest absolute Gasteiger partial charge is 0.266 e. The van der Waals surface area contributed by atoms with Crippen molar-refractivity contribution >= 4 is 37.5 Å². The summed E-state index contributed by atoms with van der Waals surface area (Å²) in [7, 11) is -2.50. The van der Waals surface area contributed by atoms with E-state index < -0.39 is 20.7 Å². The van der Waals surface area contributed by atoms with Gasteiger partial charge < -0.3 is 5.73 Å². The minimum absolute atomic E-state index is 0.131. The van der Waals surface area contributed by atoms with E-state index in [4.69, 9.17) is 5.73 Å². The molecule has 9 heteroatoms. The van der Waals surface area contributed by atoms with Crippen molar-refractivity contribution in [3.63, 3.8) is 0 Å². The van der Waals surface area contributed by atoms with Crippen molar-refractivity contribution in [2.45, 2.75) is 4.90 Å². The fourth-order valence-corrected chi connectivity index (χ4v) is 2.92. The van der Waals surface area contributed by atoms with Gasteiger partial charge in [-0.2, -0.15) is 5.10 Å². The predicted octanol–water partition coefficient (Wildman–Crippen LogP) is 1.70. The van der Waals surface area contributed by atoms with Crippen LogP contribution in [0.1, 0.15) is 0 Å². The summed E-state index contributed by atoms with van der Waals surface area (Å²) in [6, 6.07) is 3.52. The molecule has 2 rings (SSSR count). The second-order valence-corrected chi connectivity index (χ2v) is 6.25. The molecular formula is C10H10BrFN4O2S. The van der Waals surface area contributed by atoms with Crippen molar-refractivity contribution in [3.05, 3.63) is 34.7 Å². The molecule has 0 aliphatic carbocycles. The number of aromatic nitrogens is 2. The molecule has 0 bridgehead atoms. The van der Waals surface area contributed by atoms with Crippen molar-refractivity contribution in [1.29, 1.82) is 0 Å². The molecule has 3 N–H and O–H groups in total. The molecule has 102 valence electrons. The molecule has 2 aromatic rings. The Bertz CT molecular complexity index is 729. The number of hydrogen-bond acceptors (Lipinski definition) is 4. The van der Waals surface area contributed by atoms with Crippen LogP contribution in [-0.2, 0) is 17.1 Å². The summed E-state index contributed by atoms with van der Waals surface area (Å²) in [6.45, 7) is 0. The average Bonchev–Trinajstić information content (AvgIpc) is 2.69. The van der Waals surface area contributed by atoms with Crippen molar-refractivity contribution < 1.29 is 12.8 Å². The van der Waals surface area contributed by atoms with Gasteiger partial charge in [-0.25, -0.2) is 12.8 Å². The van der Waals surface area contributed by atoms with Gasteiger partial charge in [0.25, 0.3) is 10.0 Å². The summed E-state index contributed by atoms with van der Waals surface area (Å²) in [5.74, 6) is -0.670. The number of halogens is 2. The molecule has 0 atom stereocenters. The normalized spacial score (nSPS) is 11.5. The van der Waals surface area contributed by atoms with Crippen molar-refractivity contribution in [2.24, 2.45) is 7.05 Å². The van der Waals surface area contributed by atoms with Gasteiger partial charge in [-0.05, 0) is 28.1 Å². The highest BCUT2D eigenvalue weighted by Gasteiger charge is 2.21. The van der Waals surface area contributed by atoms with Crippen molar-refractivity contribution in [3.8, 4) is 0 Å². The zero-order valence-electron chi connectivity index (χ0n) is 9.76. The van der Waals surface area contributed by atoms with E-state index in [9.17, 15) is 12.8 Å². The van der Waals surface area contributed by atoms with E-state index in [1.165, 1.54) is 16.9 Å². The lowest BCUT2D eigenvalue weighted by Gasteiger charge is -2.10. The first kappa shape index (κ1) is 13.8. The SMILES string of the molecule is Cn1nccc1NS(=O)(=O)c1cc(N)c(Br)cc1F. The highest BCUT2D eigenvalue weighted by atomic mass is 79.9. The molecule has 0 amide bonds.